The number of hydrogen-bond acceptors (Lipinski definition) is 7. The van der Waals surface area contributed by atoms with E-state index in [-0.39, 0.29) is 23.0 Å². The molecule has 1 N–H and O–H groups in total. The van der Waals surface area contributed by atoms with E-state index < -0.39 is 11.6 Å². The van der Waals surface area contributed by atoms with Gasteiger partial charge >= 0.3 is 6.01 Å². The Hall–Kier alpha value is -3.59. The van der Waals surface area contributed by atoms with Crippen LogP contribution in [0.4, 0.5) is 14.6 Å². The first-order valence-corrected chi connectivity index (χ1v) is 11.2. The lowest BCUT2D eigenvalue weighted by molar-refractivity contribution is 0.152. The van der Waals surface area contributed by atoms with Gasteiger partial charge in [0.15, 0.2) is 5.82 Å². The number of nitrogens with zero attached hydrogens (tertiary/aromatic N) is 4. The fourth-order valence-electron chi connectivity index (χ4n) is 4.53. The third kappa shape index (κ3) is 3.75. The van der Waals surface area contributed by atoms with Crippen LogP contribution in [0.25, 0.3) is 32.9 Å². The number of fused-ring (bicyclic) bond motifs is 2. The van der Waals surface area contributed by atoms with E-state index in [0.717, 1.165) is 6.42 Å². The van der Waals surface area contributed by atoms with Gasteiger partial charge in [-0.2, -0.15) is 9.97 Å². The van der Waals surface area contributed by atoms with Gasteiger partial charge in [0.2, 0.25) is 0 Å². The number of rotatable bonds is 4. The highest BCUT2D eigenvalue weighted by atomic mass is 19.1. The maximum absolute atomic E-state index is 16.1. The number of phenolic OH excluding ortho intramolecular Hbond substituents is 1. The van der Waals surface area contributed by atoms with Crippen molar-refractivity contribution in [1.82, 2.24) is 15.0 Å². The van der Waals surface area contributed by atoms with Gasteiger partial charge in [0.1, 0.15) is 28.6 Å². The van der Waals surface area contributed by atoms with Crippen LogP contribution in [-0.4, -0.2) is 53.5 Å². The Kier molecular flexibility index (Phi) is 5.87. The smallest absolute Gasteiger partial charge is 0.318 e. The predicted molar refractivity (Wildman–Crippen MR) is 125 cm³/mol. The van der Waals surface area contributed by atoms with E-state index >= 15 is 4.39 Å². The summed E-state index contributed by atoms with van der Waals surface area (Å²) < 4.78 is 41.5. The average molecular weight is 466 g/mol. The number of phenols is 1. The van der Waals surface area contributed by atoms with E-state index in [9.17, 15) is 9.50 Å². The largest absolute Gasteiger partial charge is 0.508 e. The molecule has 176 valence electrons. The first-order valence-electron chi connectivity index (χ1n) is 11.2. The van der Waals surface area contributed by atoms with Gasteiger partial charge < -0.3 is 19.5 Å². The second-order valence-corrected chi connectivity index (χ2v) is 8.14. The van der Waals surface area contributed by atoms with Crippen molar-refractivity contribution in [3.05, 3.63) is 47.7 Å². The first-order chi connectivity index (χ1) is 16.5. The Morgan fingerprint density at radius 2 is 2.00 bits per heavy atom. The maximum atomic E-state index is 16.1. The first kappa shape index (κ1) is 22.2. The minimum atomic E-state index is -0.691. The molecule has 9 heteroatoms. The van der Waals surface area contributed by atoms with Crippen LogP contribution in [0.2, 0.25) is 0 Å². The van der Waals surface area contributed by atoms with Crippen LogP contribution in [0.5, 0.6) is 11.8 Å². The molecule has 0 spiro atoms. The number of anilines is 1. The third-order valence-corrected chi connectivity index (χ3v) is 6.11. The summed E-state index contributed by atoms with van der Waals surface area (Å²) in [6.45, 7) is 4.29. The van der Waals surface area contributed by atoms with Crippen molar-refractivity contribution in [3.63, 3.8) is 0 Å². The van der Waals surface area contributed by atoms with Gasteiger partial charge in [0.25, 0.3) is 0 Å². The number of aryl methyl sites for hydroxylation is 1. The summed E-state index contributed by atoms with van der Waals surface area (Å²) in [4.78, 5) is 15.2. The van der Waals surface area contributed by atoms with Gasteiger partial charge in [-0.3, -0.25) is 4.98 Å². The number of halogens is 2. The molecule has 5 rings (SSSR count). The second kappa shape index (κ2) is 8.98. The van der Waals surface area contributed by atoms with Gasteiger partial charge in [-0.15, -0.1) is 0 Å². The monoisotopic (exact) mass is 466 g/mol. The van der Waals surface area contributed by atoms with Crippen LogP contribution < -0.4 is 9.64 Å². The Balaban J connectivity index is 1.78. The molecular formula is C25H24F2N4O3. The van der Waals surface area contributed by atoms with Crippen molar-refractivity contribution in [2.45, 2.75) is 19.8 Å². The van der Waals surface area contributed by atoms with Gasteiger partial charge in [-0.05, 0) is 47.4 Å². The van der Waals surface area contributed by atoms with Crippen LogP contribution in [-0.2, 0) is 11.2 Å². The molecule has 0 radical (unpaired) electrons. The molecule has 2 aromatic carbocycles. The van der Waals surface area contributed by atoms with Crippen LogP contribution in [0.15, 0.2) is 30.5 Å². The molecule has 34 heavy (non-hydrogen) atoms. The lowest BCUT2D eigenvalue weighted by Crippen LogP contribution is -2.27. The average Bonchev–Trinajstić information content (AvgIpc) is 3.13. The topological polar surface area (TPSA) is 80.6 Å². The predicted octanol–water partition coefficient (Wildman–Crippen LogP) is 4.63. The molecule has 0 saturated carbocycles. The summed E-state index contributed by atoms with van der Waals surface area (Å²) in [7, 11) is 1.43. The molecule has 0 atom stereocenters. The molecule has 3 heterocycles. The zero-order valence-corrected chi connectivity index (χ0v) is 18.9. The van der Waals surface area contributed by atoms with Crippen molar-refractivity contribution in [2.75, 3.05) is 38.3 Å². The zero-order valence-electron chi connectivity index (χ0n) is 18.9. The zero-order chi connectivity index (χ0) is 23.8. The number of methoxy groups -OCH3 is 1. The molecule has 1 fully saturated rings. The van der Waals surface area contributed by atoms with Crippen LogP contribution in [0.1, 0.15) is 18.9 Å². The van der Waals surface area contributed by atoms with Crippen molar-refractivity contribution < 1.29 is 23.4 Å². The van der Waals surface area contributed by atoms with Crippen LogP contribution >= 0.6 is 0 Å². The normalized spacial score (nSPS) is 14.5. The van der Waals surface area contributed by atoms with Gasteiger partial charge in [0.05, 0.1) is 19.1 Å². The Morgan fingerprint density at radius 3 is 2.79 bits per heavy atom. The summed E-state index contributed by atoms with van der Waals surface area (Å²) in [6.07, 6.45) is 2.73. The molecule has 0 unspecified atom stereocenters. The SMILES string of the molecule is CCc1c(F)ccc2cc(O)cc(-c3ncc4c(N5CCCOCC5)nc(OC)nc4c3F)c12. The number of hydrogen-bond donors (Lipinski definition) is 1. The van der Waals surface area contributed by atoms with E-state index in [1.807, 2.05) is 11.8 Å². The Labute approximate surface area is 195 Å². The summed E-state index contributed by atoms with van der Waals surface area (Å²) in [6, 6.07) is 5.88. The maximum Gasteiger partial charge on any atom is 0.318 e. The van der Waals surface area contributed by atoms with Crippen molar-refractivity contribution >= 4 is 27.5 Å². The highest BCUT2D eigenvalue weighted by Gasteiger charge is 2.23. The summed E-state index contributed by atoms with van der Waals surface area (Å²) in [5.41, 5.74) is 0.745. The fraction of sp³-hybridized carbons (Fsp3) is 0.320. The number of aromatic nitrogens is 3. The van der Waals surface area contributed by atoms with Crippen molar-refractivity contribution in [3.8, 4) is 23.0 Å². The summed E-state index contributed by atoms with van der Waals surface area (Å²) in [5, 5.41) is 11.9. The summed E-state index contributed by atoms with van der Waals surface area (Å²) in [5.74, 6) is -0.629. The van der Waals surface area contributed by atoms with Crippen molar-refractivity contribution in [2.24, 2.45) is 0 Å². The molecule has 7 nitrogen and oxygen atoms in total. The number of pyridine rings is 1. The van der Waals surface area contributed by atoms with E-state index in [2.05, 4.69) is 15.0 Å². The number of ether oxygens (including phenoxy) is 2. The molecule has 1 aliphatic rings. The minimum absolute atomic E-state index is 0.0281. The van der Waals surface area contributed by atoms with Crippen molar-refractivity contribution in [1.29, 1.82) is 0 Å². The van der Waals surface area contributed by atoms with E-state index in [1.54, 1.807) is 6.07 Å². The van der Waals surface area contributed by atoms with E-state index in [4.69, 9.17) is 9.47 Å². The quantitative estimate of drug-likeness (QED) is 0.470. The van der Waals surface area contributed by atoms with E-state index in [1.165, 1.54) is 31.5 Å². The second-order valence-electron chi connectivity index (χ2n) is 8.14. The van der Waals surface area contributed by atoms with Crippen LogP contribution in [0, 0.1) is 11.6 Å². The third-order valence-electron chi connectivity index (χ3n) is 6.11. The molecular weight excluding hydrogens is 442 g/mol. The van der Waals surface area contributed by atoms with Gasteiger partial charge in [-0.25, -0.2) is 8.78 Å². The minimum Gasteiger partial charge on any atom is -0.508 e. The molecule has 1 saturated heterocycles. The van der Waals surface area contributed by atoms with Gasteiger partial charge in [-0.1, -0.05) is 13.0 Å². The molecule has 1 aliphatic heterocycles. The molecule has 4 aromatic rings. The lowest BCUT2D eigenvalue weighted by Gasteiger charge is -2.22. The Morgan fingerprint density at radius 1 is 1.15 bits per heavy atom. The highest BCUT2D eigenvalue weighted by molar-refractivity contribution is 6.01. The van der Waals surface area contributed by atoms with Gasteiger partial charge in [0, 0.05) is 31.5 Å². The van der Waals surface area contributed by atoms with E-state index in [0.29, 0.717) is 65.8 Å². The lowest BCUT2D eigenvalue weighted by atomic mass is 9.94. The number of benzene rings is 2. The fourth-order valence-corrected chi connectivity index (χ4v) is 4.53. The molecule has 0 aliphatic carbocycles. The summed E-state index contributed by atoms with van der Waals surface area (Å²) >= 11 is 0. The Bertz CT molecular complexity index is 1390. The standard InChI is InChI=1S/C25H24F2N4O3/c1-3-16-19(26)6-5-14-11-15(32)12-17(20(14)16)22-21(27)23-18(13-28-22)24(30-25(29-23)33-2)31-7-4-9-34-10-8-31/h5-6,11-13,32H,3-4,7-10H2,1-2H3. The van der Waals surface area contributed by atoms with Crippen LogP contribution in [0.3, 0.4) is 0 Å². The molecule has 2 aromatic heterocycles. The highest BCUT2D eigenvalue weighted by Crippen LogP contribution is 2.39. The molecule has 0 amide bonds. The molecule has 0 bridgehead atoms. The number of aromatic hydroxyl groups is 1.